The lowest BCUT2D eigenvalue weighted by atomic mass is 10.1. The van der Waals surface area contributed by atoms with Gasteiger partial charge >= 0.3 is 0 Å². The van der Waals surface area contributed by atoms with Gasteiger partial charge in [0.25, 0.3) is 0 Å². The average Bonchev–Trinajstić information content (AvgIpc) is 2.67. The van der Waals surface area contributed by atoms with E-state index >= 15 is 0 Å². The van der Waals surface area contributed by atoms with E-state index < -0.39 is 22.0 Å². The van der Waals surface area contributed by atoms with Crippen molar-refractivity contribution >= 4 is 33.2 Å². The Morgan fingerprint density at radius 3 is 2.66 bits per heavy atom. The van der Waals surface area contributed by atoms with E-state index in [0.29, 0.717) is 27.8 Å². The molecule has 0 bridgehead atoms. The molecular weight excluding hydrogens is 416 g/mol. The summed E-state index contributed by atoms with van der Waals surface area (Å²) >= 11 is 6.05. The Kier molecular flexibility index (Phi) is 6.24. The number of anilines is 1. The third-order valence-corrected chi connectivity index (χ3v) is 6.03. The Labute approximate surface area is 175 Å². The number of nitrogens with one attached hydrogen (secondary N) is 1. The molecule has 0 aromatic heterocycles. The predicted octanol–water partition coefficient (Wildman–Crippen LogP) is 2.76. The van der Waals surface area contributed by atoms with Crippen molar-refractivity contribution in [1.29, 1.82) is 0 Å². The Balaban J connectivity index is 1.71. The number of halogens is 1. The van der Waals surface area contributed by atoms with Gasteiger partial charge in [0.15, 0.2) is 11.5 Å². The molecule has 0 aliphatic carbocycles. The molecule has 1 N–H and O–H groups in total. The number of para-hydroxylation sites is 2. The first-order valence-corrected chi connectivity index (χ1v) is 11.3. The summed E-state index contributed by atoms with van der Waals surface area (Å²) in [7, 11) is -3.73. The summed E-state index contributed by atoms with van der Waals surface area (Å²) < 4.78 is 37.4. The summed E-state index contributed by atoms with van der Waals surface area (Å²) in [6.07, 6.45) is 0.687. The Morgan fingerprint density at radius 1 is 1.28 bits per heavy atom. The molecule has 0 saturated carbocycles. The zero-order valence-corrected chi connectivity index (χ0v) is 18.0. The number of carbonyl (C=O) groups is 1. The largest absolute Gasteiger partial charge is 0.486 e. The lowest BCUT2D eigenvalue weighted by Gasteiger charge is -2.31. The maximum absolute atomic E-state index is 12.7. The van der Waals surface area contributed by atoms with Gasteiger partial charge in [-0.2, -0.15) is 0 Å². The van der Waals surface area contributed by atoms with Crippen LogP contribution in [0.5, 0.6) is 11.5 Å². The predicted molar refractivity (Wildman–Crippen MR) is 112 cm³/mol. The summed E-state index contributed by atoms with van der Waals surface area (Å²) in [6.45, 7) is 3.77. The smallest absolute Gasteiger partial charge is 0.243 e. The van der Waals surface area contributed by atoms with Crippen molar-refractivity contribution in [2.24, 2.45) is 0 Å². The second-order valence-corrected chi connectivity index (χ2v) is 9.20. The molecule has 0 fully saturated rings. The van der Waals surface area contributed by atoms with Gasteiger partial charge < -0.3 is 14.8 Å². The quantitative estimate of drug-likeness (QED) is 0.749. The highest BCUT2D eigenvalue weighted by molar-refractivity contribution is 7.92. The van der Waals surface area contributed by atoms with Crippen molar-refractivity contribution in [2.75, 3.05) is 23.7 Å². The van der Waals surface area contributed by atoms with Crippen molar-refractivity contribution in [1.82, 2.24) is 5.32 Å². The molecule has 3 rings (SSSR count). The molecule has 0 radical (unpaired) electrons. The normalized spacial score (nSPS) is 16.8. The van der Waals surface area contributed by atoms with E-state index in [1.54, 1.807) is 25.1 Å². The van der Waals surface area contributed by atoms with E-state index in [1.807, 2.05) is 18.2 Å². The highest BCUT2D eigenvalue weighted by Gasteiger charge is 2.31. The molecule has 1 heterocycles. The number of ether oxygens (including phenoxy) is 2. The molecule has 0 saturated heterocycles. The molecule has 156 valence electrons. The van der Waals surface area contributed by atoms with Crippen LogP contribution in [0.2, 0.25) is 5.02 Å². The molecule has 7 nitrogen and oxygen atoms in total. The Morgan fingerprint density at radius 2 is 1.97 bits per heavy atom. The van der Waals surface area contributed by atoms with E-state index in [2.05, 4.69) is 5.32 Å². The second kappa shape index (κ2) is 8.51. The van der Waals surface area contributed by atoms with Crippen LogP contribution >= 0.6 is 11.6 Å². The molecule has 1 aliphatic heterocycles. The fourth-order valence-corrected chi connectivity index (χ4v) is 4.52. The first-order valence-electron chi connectivity index (χ1n) is 9.08. The molecule has 2 atom stereocenters. The van der Waals surface area contributed by atoms with Crippen LogP contribution in [-0.2, 0) is 14.8 Å². The molecule has 29 heavy (non-hydrogen) atoms. The number of amides is 1. The number of carbonyl (C=O) groups excluding carboxylic acids is 1. The standard InChI is InChI=1S/C20H23ClN2O5S/c1-13-8-9-15(21)10-17(13)23(29(3,25)26)14(2)20(24)22-11-16-12-27-18-6-4-5-7-19(18)28-16/h4-10,14,16H,11-12H2,1-3H3,(H,22,24). The van der Waals surface area contributed by atoms with Gasteiger partial charge in [0, 0.05) is 5.02 Å². The monoisotopic (exact) mass is 438 g/mol. The summed E-state index contributed by atoms with van der Waals surface area (Å²) in [5.74, 6) is 0.818. The number of hydrogen-bond acceptors (Lipinski definition) is 5. The van der Waals surface area contributed by atoms with E-state index in [-0.39, 0.29) is 19.3 Å². The third-order valence-electron chi connectivity index (χ3n) is 4.57. The zero-order chi connectivity index (χ0) is 21.2. The van der Waals surface area contributed by atoms with Crippen LogP contribution in [0.15, 0.2) is 42.5 Å². The van der Waals surface area contributed by atoms with E-state index in [1.165, 1.54) is 13.0 Å². The van der Waals surface area contributed by atoms with Crippen molar-refractivity contribution in [3.05, 3.63) is 53.1 Å². The minimum Gasteiger partial charge on any atom is -0.486 e. The fourth-order valence-electron chi connectivity index (χ4n) is 3.13. The lowest BCUT2D eigenvalue weighted by molar-refractivity contribution is -0.122. The summed E-state index contributed by atoms with van der Waals surface area (Å²) in [6, 6.07) is 11.2. The first-order chi connectivity index (χ1) is 13.7. The highest BCUT2D eigenvalue weighted by atomic mass is 35.5. The SMILES string of the molecule is Cc1ccc(Cl)cc1N(C(C)C(=O)NCC1COc2ccccc2O1)S(C)(=O)=O. The minimum absolute atomic E-state index is 0.184. The molecule has 1 aliphatic rings. The Hall–Kier alpha value is -2.45. The van der Waals surface area contributed by atoms with Crippen molar-refractivity contribution in [3.63, 3.8) is 0 Å². The van der Waals surface area contributed by atoms with Crippen molar-refractivity contribution in [2.45, 2.75) is 26.0 Å². The van der Waals surface area contributed by atoms with Crippen LogP contribution in [0.25, 0.3) is 0 Å². The summed E-state index contributed by atoms with van der Waals surface area (Å²) in [4.78, 5) is 12.7. The topological polar surface area (TPSA) is 84.9 Å². The van der Waals surface area contributed by atoms with E-state index in [9.17, 15) is 13.2 Å². The number of rotatable bonds is 6. The molecule has 2 aromatic rings. The molecule has 2 unspecified atom stereocenters. The van der Waals surface area contributed by atoms with Gasteiger partial charge in [-0.05, 0) is 43.7 Å². The fraction of sp³-hybridized carbons (Fsp3) is 0.350. The molecular formula is C20H23ClN2O5S. The average molecular weight is 439 g/mol. The maximum Gasteiger partial charge on any atom is 0.243 e. The van der Waals surface area contributed by atoms with Gasteiger partial charge in [-0.3, -0.25) is 9.10 Å². The molecule has 2 aromatic carbocycles. The van der Waals surface area contributed by atoms with Gasteiger partial charge in [-0.15, -0.1) is 0 Å². The summed E-state index contributed by atoms with van der Waals surface area (Å²) in [5, 5.41) is 3.14. The zero-order valence-electron chi connectivity index (χ0n) is 16.4. The van der Waals surface area contributed by atoms with Crippen LogP contribution in [0, 0.1) is 6.92 Å². The highest BCUT2D eigenvalue weighted by Crippen LogP contribution is 2.31. The lowest BCUT2D eigenvalue weighted by Crippen LogP contribution is -2.50. The van der Waals surface area contributed by atoms with Gasteiger partial charge in [-0.1, -0.05) is 29.8 Å². The Bertz CT molecular complexity index is 1010. The second-order valence-electron chi connectivity index (χ2n) is 6.91. The van der Waals surface area contributed by atoms with E-state index in [4.69, 9.17) is 21.1 Å². The summed E-state index contributed by atoms with van der Waals surface area (Å²) in [5.41, 5.74) is 1.06. The molecule has 9 heteroatoms. The van der Waals surface area contributed by atoms with Crippen LogP contribution in [0.3, 0.4) is 0 Å². The number of fused-ring (bicyclic) bond motifs is 1. The van der Waals surface area contributed by atoms with Gasteiger partial charge in [-0.25, -0.2) is 8.42 Å². The van der Waals surface area contributed by atoms with Crippen LogP contribution in [0.4, 0.5) is 5.69 Å². The minimum atomic E-state index is -3.73. The van der Waals surface area contributed by atoms with Crippen LogP contribution in [-0.4, -0.2) is 45.9 Å². The van der Waals surface area contributed by atoms with Crippen molar-refractivity contribution < 1.29 is 22.7 Å². The number of aryl methyl sites for hydroxylation is 1. The number of hydrogen-bond donors (Lipinski definition) is 1. The van der Waals surface area contributed by atoms with Crippen molar-refractivity contribution in [3.8, 4) is 11.5 Å². The van der Waals surface area contributed by atoms with E-state index in [0.717, 1.165) is 10.6 Å². The van der Waals surface area contributed by atoms with Gasteiger partial charge in [0.05, 0.1) is 18.5 Å². The third kappa shape index (κ3) is 4.94. The number of nitrogens with zero attached hydrogens (tertiary/aromatic N) is 1. The van der Waals surface area contributed by atoms with Crippen LogP contribution < -0.4 is 19.1 Å². The number of benzene rings is 2. The van der Waals surface area contributed by atoms with Gasteiger partial charge in [0.1, 0.15) is 18.8 Å². The first kappa shape index (κ1) is 21.3. The van der Waals surface area contributed by atoms with Gasteiger partial charge in [0.2, 0.25) is 15.9 Å². The number of sulfonamides is 1. The molecule has 0 spiro atoms. The molecule has 1 amide bonds. The maximum atomic E-state index is 12.7. The van der Waals surface area contributed by atoms with Crippen LogP contribution in [0.1, 0.15) is 12.5 Å².